The second-order valence-electron chi connectivity index (χ2n) is 9.08. The number of benzene rings is 3. The molecular formula is C29H26ClNa2O5P. The SMILES string of the molecule is O=C(C(Cc1ccccc1)Cc1ccc(Cl)cc1)C1(Cc2ccccc2)C=CC(OP(=O)([O-])[O-])=CC1.[Na+].[Na+]. The Hall–Kier alpha value is -0.950. The third-order valence-corrected chi connectivity index (χ3v) is 7.08. The smallest absolute Gasteiger partial charge is 0.780 e. The number of Topliss-reactive ketones (excluding diaryl/α,β-unsaturated/α-hetero) is 1. The van der Waals surface area contributed by atoms with E-state index in [1.54, 1.807) is 6.08 Å². The summed E-state index contributed by atoms with van der Waals surface area (Å²) in [6.45, 7) is 0. The van der Waals surface area contributed by atoms with Crippen molar-refractivity contribution >= 4 is 25.2 Å². The van der Waals surface area contributed by atoms with Crippen LogP contribution in [0.5, 0.6) is 0 Å². The molecule has 3 aromatic carbocycles. The molecule has 2 unspecified atom stereocenters. The van der Waals surface area contributed by atoms with Gasteiger partial charge >= 0.3 is 59.1 Å². The van der Waals surface area contributed by atoms with Gasteiger partial charge in [0, 0.05) is 10.9 Å². The van der Waals surface area contributed by atoms with E-state index in [1.807, 2.05) is 84.9 Å². The molecule has 4 rings (SSSR count). The van der Waals surface area contributed by atoms with Crippen LogP contribution in [0.3, 0.4) is 0 Å². The summed E-state index contributed by atoms with van der Waals surface area (Å²) in [5, 5.41) is 0.632. The van der Waals surface area contributed by atoms with Gasteiger partial charge in [0.2, 0.25) is 0 Å². The Morgan fingerprint density at radius 1 is 0.868 bits per heavy atom. The summed E-state index contributed by atoms with van der Waals surface area (Å²) in [7, 11) is -5.20. The van der Waals surface area contributed by atoms with E-state index in [2.05, 4.69) is 4.52 Å². The molecule has 0 aliphatic heterocycles. The van der Waals surface area contributed by atoms with Gasteiger partial charge in [-0.25, -0.2) is 0 Å². The van der Waals surface area contributed by atoms with E-state index in [9.17, 15) is 19.1 Å². The van der Waals surface area contributed by atoms with E-state index in [1.165, 1.54) is 12.2 Å². The van der Waals surface area contributed by atoms with Gasteiger partial charge in [0.05, 0.1) is 5.41 Å². The molecule has 0 fully saturated rings. The first-order valence-corrected chi connectivity index (χ1v) is 13.5. The number of ketones is 1. The normalized spacial score (nSPS) is 17.4. The van der Waals surface area contributed by atoms with Crippen molar-refractivity contribution in [3.8, 4) is 0 Å². The third-order valence-electron chi connectivity index (χ3n) is 6.40. The van der Waals surface area contributed by atoms with Crippen LogP contribution in [-0.2, 0) is 33.1 Å². The fourth-order valence-electron chi connectivity index (χ4n) is 4.69. The Balaban J connectivity index is 0.00000253. The molecule has 1 aliphatic carbocycles. The molecule has 1 aliphatic rings. The maximum atomic E-state index is 14.4. The minimum atomic E-state index is -5.20. The second-order valence-corrected chi connectivity index (χ2v) is 10.6. The molecule has 0 saturated heterocycles. The van der Waals surface area contributed by atoms with Gasteiger partial charge in [-0.3, -0.25) is 4.79 Å². The predicted molar refractivity (Wildman–Crippen MR) is 137 cm³/mol. The number of carbonyl (C=O) groups is 1. The summed E-state index contributed by atoms with van der Waals surface area (Å²) in [6.07, 6.45) is 6.38. The third kappa shape index (κ3) is 9.60. The van der Waals surface area contributed by atoms with Crippen LogP contribution in [0, 0.1) is 11.3 Å². The van der Waals surface area contributed by atoms with Crippen LogP contribution in [0.15, 0.2) is 109 Å². The number of phosphoric acid groups is 1. The number of carbonyl (C=O) groups excluding carboxylic acids is 1. The standard InChI is InChI=1S/C29H28ClO5P.2Na/c30-26-13-11-23(12-14-26)20-25(19-22-7-3-1-4-8-22)28(31)29(21-24-9-5-2-6-10-24)17-15-27(16-18-29)35-36(32,33)34;;/h1-17,25H,18-21H2,(H2,32,33,34);;/q;2*+1/p-2. The van der Waals surface area contributed by atoms with Crippen molar-refractivity contribution in [2.24, 2.45) is 11.3 Å². The van der Waals surface area contributed by atoms with Gasteiger partial charge in [-0.05, 0) is 66.7 Å². The molecule has 38 heavy (non-hydrogen) atoms. The van der Waals surface area contributed by atoms with Crippen LogP contribution in [0.2, 0.25) is 5.02 Å². The van der Waals surface area contributed by atoms with Crippen molar-refractivity contribution in [3.05, 3.63) is 131 Å². The number of halogens is 1. The first-order chi connectivity index (χ1) is 17.2. The molecule has 0 heterocycles. The van der Waals surface area contributed by atoms with Crippen molar-refractivity contribution in [2.45, 2.75) is 25.7 Å². The van der Waals surface area contributed by atoms with Crippen molar-refractivity contribution < 1.29 is 82.8 Å². The Morgan fingerprint density at radius 2 is 1.39 bits per heavy atom. The van der Waals surface area contributed by atoms with Gasteiger partial charge in [-0.15, -0.1) is 0 Å². The molecule has 0 spiro atoms. The Kier molecular flexibility index (Phi) is 13.3. The molecule has 0 saturated carbocycles. The van der Waals surface area contributed by atoms with Gasteiger partial charge in [0.15, 0.2) is 0 Å². The number of allylic oxidation sites excluding steroid dienone is 3. The summed E-state index contributed by atoms with van der Waals surface area (Å²) in [6, 6.07) is 27.1. The topological polar surface area (TPSA) is 89.5 Å². The van der Waals surface area contributed by atoms with E-state index in [0.717, 1.165) is 16.7 Å². The maximum Gasteiger partial charge on any atom is 1.00 e. The molecule has 0 aromatic heterocycles. The molecule has 0 amide bonds. The number of phosphoric ester groups is 1. The maximum absolute atomic E-state index is 14.4. The van der Waals surface area contributed by atoms with Crippen LogP contribution in [-0.4, -0.2) is 5.78 Å². The fraction of sp³-hybridized carbons (Fsp3) is 0.207. The van der Waals surface area contributed by atoms with Crippen molar-refractivity contribution in [1.82, 2.24) is 0 Å². The molecule has 2 atom stereocenters. The number of hydrogen-bond donors (Lipinski definition) is 0. The van der Waals surface area contributed by atoms with Crippen LogP contribution in [0.4, 0.5) is 0 Å². The average Bonchev–Trinajstić information content (AvgIpc) is 2.86. The van der Waals surface area contributed by atoms with Gasteiger partial charge < -0.3 is 18.9 Å². The summed E-state index contributed by atoms with van der Waals surface area (Å²) >= 11 is 6.08. The minimum absolute atomic E-state index is 0. The zero-order valence-corrected chi connectivity index (χ0v) is 27.2. The predicted octanol–water partition coefficient (Wildman–Crippen LogP) is -0.763. The van der Waals surface area contributed by atoms with E-state index in [4.69, 9.17) is 11.6 Å². The summed E-state index contributed by atoms with van der Waals surface area (Å²) in [5.74, 6) is -0.357. The molecule has 0 radical (unpaired) electrons. The van der Waals surface area contributed by atoms with Crippen LogP contribution in [0.1, 0.15) is 23.1 Å². The summed E-state index contributed by atoms with van der Waals surface area (Å²) in [5.41, 5.74) is 2.12. The molecule has 5 nitrogen and oxygen atoms in total. The zero-order valence-electron chi connectivity index (χ0n) is 21.6. The minimum Gasteiger partial charge on any atom is -0.780 e. The summed E-state index contributed by atoms with van der Waals surface area (Å²) < 4.78 is 15.7. The Morgan fingerprint density at radius 3 is 1.89 bits per heavy atom. The monoisotopic (exact) mass is 566 g/mol. The van der Waals surface area contributed by atoms with Crippen LogP contribution >= 0.6 is 19.4 Å². The molecule has 0 bridgehead atoms. The van der Waals surface area contributed by atoms with Crippen LogP contribution in [0.25, 0.3) is 0 Å². The van der Waals surface area contributed by atoms with Gasteiger partial charge in [0.25, 0.3) is 0 Å². The first-order valence-electron chi connectivity index (χ1n) is 11.7. The van der Waals surface area contributed by atoms with Gasteiger partial charge in [0.1, 0.15) is 19.4 Å². The summed E-state index contributed by atoms with van der Waals surface area (Å²) in [4.78, 5) is 36.6. The van der Waals surface area contributed by atoms with Gasteiger partial charge in [-0.1, -0.05) is 90.5 Å². The van der Waals surface area contributed by atoms with Crippen molar-refractivity contribution in [3.63, 3.8) is 0 Å². The van der Waals surface area contributed by atoms with Crippen LogP contribution < -0.4 is 68.9 Å². The fourth-order valence-corrected chi connectivity index (χ4v) is 5.21. The van der Waals surface area contributed by atoms with E-state index < -0.39 is 13.2 Å². The first kappa shape index (κ1) is 33.3. The Labute approximate surface area is 273 Å². The number of hydrogen-bond acceptors (Lipinski definition) is 5. The molecular weight excluding hydrogens is 541 g/mol. The van der Waals surface area contributed by atoms with E-state index in [-0.39, 0.29) is 83.0 Å². The largest absolute Gasteiger partial charge is 1.00 e. The second kappa shape index (κ2) is 15.2. The van der Waals surface area contributed by atoms with Crippen molar-refractivity contribution in [1.29, 1.82) is 0 Å². The van der Waals surface area contributed by atoms with E-state index in [0.29, 0.717) is 24.3 Å². The Bertz CT molecular complexity index is 1290. The van der Waals surface area contributed by atoms with E-state index >= 15 is 0 Å². The molecule has 0 N–H and O–H groups in total. The zero-order chi connectivity index (χ0) is 25.6. The average molecular weight is 567 g/mol. The molecule has 9 heteroatoms. The van der Waals surface area contributed by atoms with Gasteiger partial charge in [-0.2, -0.15) is 0 Å². The molecule has 3 aromatic rings. The molecule has 186 valence electrons. The van der Waals surface area contributed by atoms with Crippen molar-refractivity contribution in [2.75, 3.05) is 0 Å². The number of rotatable bonds is 10. The quantitative estimate of drug-likeness (QED) is 0.238.